The van der Waals surface area contributed by atoms with Crippen LogP contribution < -0.4 is 0 Å². The Labute approximate surface area is 206 Å². The summed E-state index contributed by atoms with van der Waals surface area (Å²) in [5.74, 6) is 1.29. The summed E-state index contributed by atoms with van der Waals surface area (Å²) >= 11 is 0. The van der Waals surface area contributed by atoms with Crippen LogP contribution in [0.25, 0.3) is 0 Å². The van der Waals surface area contributed by atoms with Crippen LogP contribution in [0.3, 0.4) is 0 Å². The molecule has 2 saturated carbocycles. The average molecular weight is 481 g/mol. The summed E-state index contributed by atoms with van der Waals surface area (Å²) in [5, 5.41) is 20.4. The highest BCUT2D eigenvalue weighted by Gasteiger charge is 2.52. The molecule has 3 fully saturated rings. The SMILES string of the molecule is C=C1CC[C@@H]2C(C)(C)CCC[C@@]2(C)[C@@H]1CC[C@H](C)CCO[C@@H]1O[C@@H](C)[C@H](O)[C@@H](O)[C@H]1OC(C)=O. The number of hydrogen-bond acceptors (Lipinski definition) is 6. The molecule has 3 aliphatic rings. The number of allylic oxidation sites excluding steroid dienone is 1. The summed E-state index contributed by atoms with van der Waals surface area (Å²) in [7, 11) is 0. The first-order chi connectivity index (χ1) is 15.9. The molecule has 2 aliphatic carbocycles. The van der Waals surface area contributed by atoms with Gasteiger partial charge in [0.2, 0.25) is 0 Å². The number of esters is 1. The number of ether oxygens (including phenoxy) is 3. The first-order valence-corrected chi connectivity index (χ1v) is 13.3. The van der Waals surface area contributed by atoms with Gasteiger partial charge in [-0.25, -0.2) is 0 Å². The van der Waals surface area contributed by atoms with E-state index >= 15 is 0 Å². The number of fused-ring (bicyclic) bond motifs is 1. The Bertz CT molecular complexity index is 720. The molecule has 0 radical (unpaired) electrons. The van der Waals surface area contributed by atoms with Crippen LogP contribution in [0.2, 0.25) is 0 Å². The number of rotatable bonds is 8. The van der Waals surface area contributed by atoms with Gasteiger partial charge in [-0.1, -0.05) is 52.7 Å². The summed E-state index contributed by atoms with van der Waals surface area (Å²) in [4.78, 5) is 11.5. The lowest BCUT2D eigenvalue weighted by molar-refractivity contribution is -0.297. The number of carbonyl (C=O) groups excluding carboxylic acids is 1. The third-order valence-electron chi connectivity index (χ3n) is 9.25. The van der Waals surface area contributed by atoms with Gasteiger partial charge in [0, 0.05) is 6.92 Å². The molecule has 0 aromatic rings. The zero-order chi connectivity index (χ0) is 25.3. The Kier molecular flexibility index (Phi) is 8.92. The highest BCUT2D eigenvalue weighted by Crippen LogP contribution is 2.61. The zero-order valence-electron chi connectivity index (χ0n) is 22.2. The molecule has 196 valence electrons. The molecule has 0 bridgehead atoms. The average Bonchev–Trinajstić information content (AvgIpc) is 2.73. The van der Waals surface area contributed by atoms with Crippen molar-refractivity contribution < 1.29 is 29.2 Å². The smallest absolute Gasteiger partial charge is 0.303 e. The Balaban J connectivity index is 1.52. The standard InChI is InChI=1S/C28H48O6/c1-17(13-16-32-26-25(34-20(4)29)24(31)23(30)19(3)33-26)9-11-21-18(2)10-12-22-27(5,6)14-8-15-28(21,22)7/h17,19,21-26,30-31H,2,8-16H2,1,3-7H3/t17-,19-,21+,22+,23-,24+,25+,26+,28-/m0/s1. The molecule has 0 unspecified atom stereocenters. The van der Waals surface area contributed by atoms with E-state index in [0.717, 1.165) is 25.2 Å². The minimum atomic E-state index is -1.24. The van der Waals surface area contributed by atoms with Gasteiger partial charge in [-0.2, -0.15) is 0 Å². The second kappa shape index (κ2) is 11.0. The second-order valence-corrected chi connectivity index (χ2v) is 12.3. The maximum atomic E-state index is 11.5. The molecular weight excluding hydrogens is 432 g/mol. The summed E-state index contributed by atoms with van der Waals surface area (Å²) in [6.07, 6.45) is 4.67. The number of carbonyl (C=O) groups is 1. The fraction of sp³-hybridized carbons (Fsp3) is 0.893. The van der Waals surface area contributed by atoms with Crippen LogP contribution in [0.1, 0.15) is 92.9 Å². The van der Waals surface area contributed by atoms with E-state index in [9.17, 15) is 15.0 Å². The normalized spacial score (nSPS) is 40.9. The van der Waals surface area contributed by atoms with E-state index in [1.54, 1.807) is 6.92 Å². The van der Waals surface area contributed by atoms with Crippen LogP contribution in [0.4, 0.5) is 0 Å². The third kappa shape index (κ3) is 5.88. The van der Waals surface area contributed by atoms with Crippen molar-refractivity contribution in [3.8, 4) is 0 Å². The van der Waals surface area contributed by atoms with Gasteiger partial charge in [0.15, 0.2) is 12.4 Å². The molecular formula is C28H48O6. The fourth-order valence-corrected chi connectivity index (χ4v) is 7.24. The number of aliphatic hydroxyl groups excluding tert-OH is 2. The molecule has 0 spiro atoms. The van der Waals surface area contributed by atoms with Gasteiger partial charge >= 0.3 is 5.97 Å². The van der Waals surface area contributed by atoms with Crippen LogP contribution in [0.5, 0.6) is 0 Å². The van der Waals surface area contributed by atoms with Crippen molar-refractivity contribution in [1.82, 2.24) is 0 Å². The Hall–Kier alpha value is -0.950. The first kappa shape index (κ1) is 27.6. The summed E-state index contributed by atoms with van der Waals surface area (Å²) in [5.41, 5.74) is 2.22. The summed E-state index contributed by atoms with van der Waals surface area (Å²) in [6, 6.07) is 0. The highest BCUT2D eigenvalue weighted by atomic mass is 16.7. The maximum Gasteiger partial charge on any atom is 0.303 e. The van der Waals surface area contributed by atoms with Gasteiger partial charge in [-0.3, -0.25) is 4.79 Å². The molecule has 0 amide bonds. The summed E-state index contributed by atoms with van der Waals surface area (Å²) in [6.45, 7) is 17.6. The third-order valence-corrected chi connectivity index (χ3v) is 9.25. The second-order valence-electron chi connectivity index (χ2n) is 12.3. The van der Waals surface area contributed by atoms with E-state index in [0.29, 0.717) is 29.3 Å². The van der Waals surface area contributed by atoms with E-state index in [2.05, 4.69) is 34.3 Å². The molecule has 0 aromatic heterocycles. The van der Waals surface area contributed by atoms with E-state index in [-0.39, 0.29) is 0 Å². The predicted octanol–water partition coefficient (Wildman–Crippen LogP) is 5.01. The quantitative estimate of drug-likeness (QED) is 0.375. The molecule has 34 heavy (non-hydrogen) atoms. The number of aliphatic hydroxyl groups is 2. The number of hydrogen-bond donors (Lipinski definition) is 2. The minimum absolute atomic E-state index is 0.355. The van der Waals surface area contributed by atoms with Crippen molar-refractivity contribution in [2.45, 2.75) is 124 Å². The van der Waals surface area contributed by atoms with Crippen molar-refractivity contribution >= 4 is 5.97 Å². The minimum Gasteiger partial charge on any atom is -0.454 e. The van der Waals surface area contributed by atoms with Crippen molar-refractivity contribution in [2.24, 2.45) is 28.6 Å². The molecule has 2 N–H and O–H groups in total. The van der Waals surface area contributed by atoms with E-state index < -0.39 is 36.7 Å². The lowest BCUT2D eigenvalue weighted by Gasteiger charge is -2.58. The van der Waals surface area contributed by atoms with Crippen LogP contribution in [0.15, 0.2) is 12.2 Å². The van der Waals surface area contributed by atoms with Crippen molar-refractivity contribution in [3.05, 3.63) is 12.2 Å². The van der Waals surface area contributed by atoms with E-state index in [1.807, 2.05) is 0 Å². The highest BCUT2D eigenvalue weighted by molar-refractivity contribution is 5.66. The van der Waals surface area contributed by atoms with Gasteiger partial charge in [-0.05, 0) is 74.0 Å². The van der Waals surface area contributed by atoms with Crippen LogP contribution in [-0.2, 0) is 19.0 Å². The van der Waals surface area contributed by atoms with Gasteiger partial charge in [0.1, 0.15) is 12.2 Å². The van der Waals surface area contributed by atoms with Crippen LogP contribution >= 0.6 is 0 Å². The molecule has 6 heteroatoms. The fourth-order valence-electron chi connectivity index (χ4n) is 7.24. The Morgan fingerprint density at radius 2 is 1.91 bits per heavy atom. The molecule has 0 aromatic carbocycles. The molecule has 1 aliphatic heterocycles. The predicted molar refractivity (Wildman–Crippen MR) is 132 cm³/mol. The first-order valence-electron chi connectivity index (χ1n) is 13.3. The largest absolute Gasteiger partial charge is 0.454 e. The molecule has 1 saturated heterocycles. The van der Waals surface area contributed by atoms with E-state index in [1.165, 1.54) is 44.6 Å². The Morgan fingerprint density at radius 1 is 1.21 bits per heavy atom. The van der Waals surface area contributed by atoms with Crippen LogP contribution in [0, 0.1) is 28.6 Å². The van der Waals surface area contributed by atoms with E-state index in [4.69, 9.17) is 14.2 Å². The van der Waals surface area contributed by atoms with Gasteiger partial charge < -0.3 is 24.4 Å². The van der Waals surface area contributed by atoms with Crippen molar-refractivity contribution in [3.63, 3.8) is 0 Å². The van der Waals surface area contributed by atoms with Gasteiger partial charge in [0.25, 0.3) is 0 Å². The Morgan fingerprint density at radius 3 is 2.59 bits per heavy atom. The molecule has 3 rings (SSSR count). The lowest BCUT2D eigenvalue weighted by Crippen LogP contribution is -2.58. The summed E-state index contributed by atoms with van der Waals surface area (Å²) < 4.78 is 16.8. The molecule has 1 heterocycles. The van der Waals surface area contributed by atoms with Crippen LogP contribution in [-0.4, -0.2) is 53.5 Å². The van der Waals surface area contributed by atoms with Gasteiger partial charge in [-0.15, -0.1) is 0 Å². The topological polar surface area (TPSA) is 85.2 Å². The van der Waals surface area contributed by atoms with Gasteiger partial charge in [0.05, 0.1) is 12.7 Å². The maximum absolute atomic E-state index is 11.5. The van der Waals surface area contributed by atoms with Crippen molar-refractivity contribution in [1.29, 1.82) is 0 Å². The van der Waals surface area contributed by atoms with Crippen molar-refractivity contribution in [2.75, 3.05) is 6.61 Å². The zero-order valence-corrected chi connectivity index (χ0v) is 22.2. The monoisotopic (exact) mass is 480 g/mol. The molecule has 9 atom stereocenters. The molecule has 6 nitrogen and oxygen atoms in total. The lowest BCUT2D eigenvalue weighted by atomic mass is 9.47.